The van der Waals surface area contributed by atoms with Gasteiger partial charge in [-0.25, -0.2) is 4.98 Å². The summed E-state index contributed by atoms with van der Waals surface area (Å²) in [5, 5.41) is 11.3. The molecular weight excluding hydrogens is 258 g/mol. The van der Waals surface area contributed by atoms with Gasteiger partial charge in [0, 0.05) is 18.8 Å². The molecule has 2 fully saturated rings. The highest BCUT2D eigenvalue weighted by molar-refractivity contribution is 5.59. The van der Waals surface area contributed by atoms with Crippen molar-refractivity contribution in [3.05, 3.63) is 27.9 Å². The Hall–Kier alpha value is -1.69. The SMILES string of the molecule is Cc1cnc(N2CCO[C@H]3CCCC[C@@H]32)c([N+](=O)[O-])c1. The molecular formula is C14H19N3O3. The normalized spacial score (nSPS) is 26.1. The van der Waals surface area contributed by atoms with Crippen LogP contribution in [0.4, 0.5) is 11.5 Å². The lowest BCUT2D eigenvalue weighted by Gasteiger charge is -2.44. The molecule has 1 aliphatic carbocycles. The van der Waals surface area contributed by atoms with E-state index in [1.54, 1.807) is 12.3 Å². The third-order valence-corrected chi connectivity index (χ3v) is 4.18. The van der Waals surface area contributed by atoms with Crippen molar-refractivity contribution in [2.45, 2.75) is 44.8 Å². The molecule has 2 heterocycles. The summed E-state index contributed by atoms with van der Waals surface area (Å²) in [6, 6.07) is 1.83. The van der Waals surface area contributed by atoms with Crippen LogP contribution in [0, 0.1) is 17.0 Å². The van der Waals surface area contributed by atoms with Gasteiger partial charge in [-0.3, -0.25) is 10.1 Å². The molecule has 0 radical (unpaired) electrons. The van der Waals surface area contributed by atoms with Crippen LogP contribution in [0.25, 0.3) is 0 Å². The van der Waals surface area contributed by atoms with Crippen molar-refractivity contribution in [1.29, 1.82) is 0 Å². The number of pyridine rings is 1. The van der Waals surface area contributed by atoms with Gasteiger partial charge in [-0.15, -0.1) is 0 Å². The molecule has 20 heavy (non-hydrogen) atoms. The van der Waals surface area contributed by atoms with Crippen molar-refractivity contribution >= 4 is 11.5 Å². The lowest BCUT2D eigenvalue weighted by molar-refractivity contribution is -0.384. The Morgan fingerprint density at radius 3 is 3.05 bits per heavy atom. The Balaban J connectivity index is 1.96. The minimum absolute atomic E-state index is 0.108. The molecule has 0 amide bonds. The van der Waals surface area contributed by atoms with E-state index in [9.17, 15) is 10.1 Å². The molecule has 2 atom stereocenters. The number of anilines is 1. The molecule has 3 rings (SSSR count). The van der Waals surface area contributed by atoms with E-state index in [4.69, 9.17) is 4.74 Å². The fourth-order valence-electron chi connectivity index (χ4n) is 3.26. The van der Waals surface area contributed by atoms with Crippen molar-refractivity contribution in [3.63, 3.8) is 0 Å². The van der Waals surface area contributed by atoms with Crippen LogP contribution in [-0.4, -0.2) is 35.2 Å². The van der Waals surface area contributed by atoms with Gasteiger partial charge in [0.1, 0.15) is 0 Å². The van der Waals surface area contributed by atoms with Crippen LogP contribution < -0.4 is 4.90 Å². The van der Waals surface area contributed by atoms with Gasteiger partial charge in [-0.2, -0.15) is 0 Å². The number of nitro groups is 1. The summed E-state index contributed by atoms with van der Waals surface area (Å²) < 4.78 is 5.82. The summed E-state index contributed by atoms with van der Waals surface area (Å²) in [5.74, 6) is 0.501. The minimum Gasteiger partial charge on any atom is -0.374 e. The third-order valence-electron chi connectivity index (χ3n) is 4.18. The number of hydrogen-bond acceptors (Lipinski definition) is 5. The predicted molar refractivity (Wildman–Crippen MR) is 75.0 cm³/mol. The van der Waals surface area contributed by atoms with E-state index in [1.165, 1.54) is 6.42 Å². The fourth-order valence-corrected chi connectivity index (χ4v) is 3.26. The molecule has 1 saturated carbocycles. The van der Waals surface area contributed by atoms with Gasteiger partial charge in [0.2, 0.25) is 5.82 Å². The maximum absolute atomic E-state index is 11.3. The van der Waals surface area contributed by atoms with E-state index < -0.39 is 0 Å². The molecule has 6 heteroatoms. The quantitative estimate of drug-likeness (QED) is 0.613. The molecule has 0 N–H and O–H groups in total. The van der Waals surface area contributed by atoms with Crippen LogP contribution in [0.2, 0.25) is 0 Å². The second-order valence-corrected chi connectivity index (χ2v) is 5.57. The van der Waals surface area contributed by atoms with Crippen LogP contribution in [-0.2, 0) is 4.74 Å². The van der Waals surface area contributed by atoms with Crippen LogP contribution in [0.5, 0.6) is 0 Å². The van der Waals surface area contributed by atoms with Crippen molar-refractivity contribution in [3.8, 4) is 0 Å². The number of fused-ring (bicyclic) bond motifs is 1. The molecule has 1 saturated heterocycles. The number of hydrogen-bond donors (Lipinski definition) is 0. The van der Waals surface area contributed by atoms with Gasteiger partial charge in [-0.05, 0) is 25.3 Å². The van der Waals surface area contributed by atoms with Gasteiger partial charge in [0.15, 0.2) is 0 Å². The summed E-state index contributed by atoms with van der Waals surface area (Å²) in [4.78, 5) is 17.4. The minimum atomic E-state index is -0.331. The van der Waals surface area contributed by atoms with Gasteiger partial charge in [0.05, 0.1) is 23.7 Å². The molecule has 0 spiro atoms. The van der Waals surface area contributed by atoms with Crippen LogP contribution in [0.3, 0.4) is 0 Å². The topological polar surface area (TPSA) is 68.5 Å². The molecule has 1 aliphatic heterocycles. The summed E-state index contributed by atoms with van der Waals surface area (Å²) in [6.07, 6.45) is 6.30. The Kier molecular flexibility index (Phi) is 3.56. The van der Waals surface area contributed by atoms with Crippen molar-refractivity contribution < 1.29 is 9.66 Å². The maximum Gasteiger partial charge on any atom is 0.311 e. The van der Waals surface area contributed by atoms with E-state index in [0.717, 1.165) is 24.8 Å². The van der Waals surface area contributed by atoms with Gasteiger partial charge in [-0.1, -0.05) is 12.8 Å². The van der Waals surface area contributed by atoms with E-state index in [1.807, 2.05) is 6.92 Å². The molecule has 6 nitrogen and oxygen atoms in total. The summed E-state index contributed by atoms with van der Waals surface area (Å²) >= 11 is 0. The lowest BCUT2D eigenvalue weighted by atomic mass is 9.90. The molecule has 1 aromatic rings. The standard InChI is InChI=1S/C14H19N3O3/c1-10-8-12(17(18)19)14(15-9-10)16-6-7-20-13-5-3-2-4-11(13)16/h8-9,11,13H,2-7H2,1H3/t11-,13-/m0/s1. The first-order chi connectivity index (χ1) is 9.66. The number of morpholine rings is 1. The number of aryl methyl sites for hydroxylation is 1. The Morgan fingerprint density at radius 1 is 1.45 bits per heavy atom. The smallest absolute Gasteiger partial charge is 0.311 e. The summed E-state index contributed by atoms with van der Waals surface area (Å²) in [5.41, 5.74) is 0.921. The lowest BCUT2D eigenvalue weighted by Crippen LogP contribution is -2.53. The molecule has 2 aliphatic rings. The Morgan fingerprint density at radius 2 is 2.25 bits per heavy atom. The largest absolute Gasteiger partial charge is 0.374 e. The zero-order valence-corrected chi connectivity index (χ0v) is 11.6. The van der Waals surface area contributed by atoms with Gasteiger partial charge >= 0.3 is 5.69 Å². The average molecular weight is 277 g/mol. The van der Waals surface area contributed by atoms with E-state index in [-0.39, 0.29) is 22.8 Å². The molecule has 1 aromatic heterocycles. The highest BCUT2D eigenvalue weighted by Crippen LogP contribution is 2.35. The van der Waals surface area contributed by atoms with E-state index in [0.29, 0.717) is 19.0 Å². The summed E-state index contributed by atoms with van der Waals surface area (Å²) in [6.45, 7) is 3.12. The van der Waals surface area contributed by atoms with Gasteiger partial charge in [0.25, 0.3) is 0 Å². The summed E-state index contributed by atoms with van der Waals surface area (Å²) in [7, 11) is 0. The maximum atomic E-state index is 11.3. The highest BCUT2D eigenvalue weighted by Gasteiger charge is 2.37. The third kappa shape index (κ3) is 2.35. The Bertz CT molecular complexity index is 518. The second kappa shape index (κ2) is 5.36. The van der Waals surface area contributed by atoms with Crippen molar-refractivity contribution in [2.75, 3.05) is 18.1 Å². The monoisotopic (exact) mass is 277 g/mol. The molecule has 108 valence electrons. The number of ether oxygens (including phenoxy) is 1. The van der Waals surface area contributed by atoms with Crippen molar-refractivity contribution in [2.24, 2.45) is 0 Å². The number of rotatable bonds is 2. The first-order valence-corrected chi connectivity index (χ1v) is 7.16. The van der Waals surface area contributed by atoms with Crippen LogP contribution in [0.15, 0.2) is 12.3 Å². The highest BCUT2D eigenvalue weighted by atomic mass is 16.6. The molecule has 0 unspecified atom stereocenters. The molecule has 0 bridgehead atoms. The van der Waals surface area contributed by atoms with Crippen molar-refractivity contribution in [1.82, 2.24) is 4.98 Å². The Labute approximate surface area is 117 Å². The van der Waals surface area contributed by atoms with E-state index in [2.05, 4.69) is 9.88 Å². The zero-order chi connectivity index (χ0) is 14.1. The van der Waals surface area contributed by atoms with E-state index >= 15 is 0 Å². The number of aromatic nitrogens is 1. The predicted octanol–water partition coefficient (Wildman–Crippen LogP) is 2.45. The second-order valence-electron chi connectivity index (χ2n) is 5.57. The first-order valence-electron chi connectivity index (χ1n) is 7.16. The van der Waals surface area contributed by atoms with Gasteiger partial charge < -0.3 is 9.64 Å². The number of nitrogens with zero attached hydrogens (tertiary/aromatic N) is 3. The first kappa shape index (κ1) is 13.3. The average Bonchev–Trinajstić information content (AvgIpc) is 2.46. The van der Waals surface area contributed by atoms with Crippen LogP contribution >= 0.6 is 0 Å². The van der Waals surface area contributed by atoms with Crippen LogP contribution in [0.1, 0.15) is 31.2 Å². The fraction of sp³-hybridized carbons (Fsp3) is 0.643. The molecule has 0 aromatic carbocycles. The zero-order valence-electron chi connectivity index (χ0n) is 11.6.